The molecule has 0 bridgehead atoms. The molecular weight excluding hydrogens is 305 g/mol. The zero-order valence-corrected chi connectivity index (χ0v) is 11.2. The average Bonchev–Trinajstić information content (AvgIpc) is 2.31. The molecule has 1 amide bonds. The molecule has 0 aliphatic rings. The Morgan fingerprint density at radius 3 is 2.72 bits per heavy atom. The number of carbonyl (C=O) groups excluding carboxylic acids is 1. The van der Waals surface area contributed by atoms with Crippen molar-refractivity contribution in [3.05, 3.63) is 34.1 Å². The number of hydrogen-bond acceptors (Lipinski definition) is 2. The van der Waals surface area contributed by atoms with Gasteiger partial charge in [0.05, 0.1) is 10.0 Å². The molecule has 0 radical (unpaired) electrons. The Labute approximate surface area is 112 Å². The number of halogens is 2. The van der Waals surface area contributed by atoms with Crippen LogP contribution in [0.5, 0.6) is 0 Å². The van der Waals surface area contributed by atoms with Gasteiger partial charge in [0.25, 0.3) is 5.91 Å². The van der Waals surface area contributed by atoms with E-state index in [-0.39, 0.29) is 22.4 Å². The number of carboxylic acid groups (broad SMARTS) is 1. The molecule has 0 fully saturated rings. The minimum absolute atomic E-state index is 0.0829. The number of carboxylic acids is 1. The van der Waals surface area contributed by atoms with Crippen molar-refractivity contribution >= 4 is 27.8 Å². The number of rotatable bonds is 6. The summed E-state index contributed by atoms with van der Waals surface area (Å²) in [5, 5.41) is 11.0. The minimum Gasteiger partial charge on any atom is -0.481 e. The van der Waals surface area contributed by atoms with Crippen molar-refractivity contribution in [3.8, 4) is 0 Å². The fraction of sp³-hybridized carbons (Fsp3) is 0.333. The highest BCUT2D eigenvalue weighted by Crippen LogP contribution is 2.20. The van der Waals surface area contributed by atoms with Crippen LogP contribution in [0.25, 0.3) is 0 Å². The Balaban J connectivity index is 2.41. The molecule has 0 spiro atoms. The maximum absolute atomic E-state index is 13.2. The van der Waals surface area contributed by atoms with E-state index in [0.29, 0.717) is 19.4 Å². The molecule has 2 N–H and O–H groups in total. The van der Waals surface area contributed by atoms with Crippen LogP contribution in [0.15, 0.2) is 22.7 Å². The van der Waals surface area contributed by atoms with Crippen molar-refractivity contribution in [1.82, 2.24) is 5.32 Å². The van der Waals surface area contributed by atoms with Crippen LogP contribution in [0.2, 0.25) is 0 Å². The van der Waals surface area contributed by atoms with Crippen molar-refractivity contribution in [3.63, 3.8) is 0 Å². The van der Waals surface area contributed by atoms with E-state index in [1.807, 2.05) is 0 Å². The Morgan fingerprint density at radius 1 is 1.33 bits per heavy atom. The summed E-state index contributed by atoms with van der Waals surface area (Å²) in [4.78, 5) is 22.0. The molecule has 6 heteroatoms. The fourth-order valence-electron chi connectivity index (χ4n) is 1.38. The van der Waals surface area contributed by atoms with Gasteiger partial charge in [0.15, 0.2) is 0 Å². The smallest absolute Gasteiger partial charge is 0.303 e. The summed E-state index contributed by atoms with van der Waals surface area (Å²) in [5.74, 6) is -1.72. The zero-order valence-electron chi connectivity index (χ0n) is 9.58. The predicted molar refractivity (Wildman–Crippen MR) is 67.9 cm³/mol. The maximum Gasteiger partial charge on any atom is 0.303 e. The second-order valence-electron chi connectivity index (χ2n) is 3.71. The van der Waals surface area contributed by atoms with Crippen molar-refractivity contribution in [2.75, 3.05) is 6.54 Å². The van der Waals surface area contributed by atoms with Gasteiger partial charge in [-0.05, 0) is 40.9 Å². The molecule has 1 aromatic rings. The van der Waals surface area contributed by atoms with Gasteiger partial charge in [-0.15, -0.1) is 0 Å². The molecule has 18 heavy (non-hydrogen) atoms. The number of unbranched alkanes of at least 4 members (excludes halogenated alkanes) is 1. The lowest BCUT2D eigenvalue weighted by Crippen LogP contribution is -2.25. The summed E-state index contributed by atoms with van der Waals surface area (Å²) in [6, 6.07) is 4.23. The summed E-state index contributed by atoms with van der Waals surface area (Å²) >= 11 is 3.01. The molecule has 0 unspecified atom stereocenters. The molecule has 98 valence electrons. The summed E-state index contributed by atoms with van der Waals surface area (Å²) < 4.78 is 13.3. The van der Waals surface area contributed by atoms with Crippen LogP contribution in [0, 0.1) is 5.82 Å². The lowest BCUT2D eigenvalue weighted by Gasteiger charge is -2.06. The number of nitrogens with one attached hydrogen (secondary N) is 1. The molecule has 0 aromatic heterocycles. The highest BCUT2D eigenvalue weighted by molar-refractivity contribution is 9.10. The van der Waals surface area contributed by atoms with Crippen molar-refractivity contribution in [2.24, 2.45) is 0 Å². The van der Waals surface area contributed by atoms with Crippen LogP contribution in [-0.4, -0.2) is 23.5 Å². The molecule has 0 heterocycles. The number of benzene rings is 1. The van der Waals surface area contributed by atoms with Gasteiger partial charge in [0.1, 0.15) is 5.82 Å². The molecule has 1 rings (SSSR count). The summed E-state index contributed by atoms with van der Waals surface area (Å²) in [5.41, 5.74) is 0.230. The normalized spacial score (nSPS) is 10.1. The van der Waals surface area contributed by atoms with Crippen molar-refractivity contribution in [2.45, 2.75) is 19.3 Å². The van der Waals surface area contributed by atoms with E-state index in [1.54, 1.807) is 0 Å². The Morgan fingerprint density at radius 2 is 2.06 bits per heavy atom. The minimum atomic E-state index is -0.853. The van der Waals surface area contributed by atoms with Crippen molar-refractivity contribution < 1.29 is 19.1 Å². The van der Waals surface area contributed by atoms with E-state index in [4.69, 9.17) is 5.11 Å². The van der Waals surface area contributed by atoms with Gasteiger partial charge in [-0.25, -0.2) is 4.39 Å². The molecule has 1 aromatic carbocycles. The van der Waals surface area contributed by atoms with Gasteiger partial charge >= 0.3 is 5.97 Å². The fourth-order valence-corrected chi connectivity index (χ4v) is 1.82. The van der Waals surface area contributed by atoms with Gasteiger partial charge < -0.3 is 10.4 Å². The Bertz CT molecular complexity index is 451. The van der Waals surface area contributed by atoms with Crippen LogP contribution in [0.3, 0.4) is 0 Å². The molecule has 0 saturated heterocycles. The van der Waals surface area contributed by atoms with E-state index in [1.165, 1.54) is 18.2 Å². The number of carbonyl (C=O) groups is 2. The van der Waals surface area contributed by atoms with Crippen molar-refractivity contribution in [1.29, 1.82) is 0 Å². The highest BCUT2D eigenvalue weighted by Gasteiger charge is 2.12. The second-order valence-corrected chi connectivity index (χ2v) is 4.50. The zero-order chi connectivity index (χ0) is 13.5. The SMILES string of the molecule is O=C(O)CCCCNC(=O)c1cccc(F)c1Br. The molecule has 0 saturated carbocycles. The summed E-state index contributed by atoms with van der Waals surface area (Å²) in [7, 11) is 0. The monoisotopic (exact) mass is 317 g/mol. The Kier molecular flexibility index (Phi) is 5.77. The van der Waals surface area contributed by atoms with E-state index >= 15 is 0 Å². The molecule has 4 nitrogen and oxygen atoms in total. The standard InChI is InChI=1S/C12H13BrFNO3/c13-11-8(4-3-5-9(11)14)12(18)15-7-2-1-6-10(16)17/h3-5H,1-2,6-7H2,(H,15,18)(H,16,17). The lowest BCUT2D eigenvalue weighted by atomic mass is 10.2. The van der Waals surface area contributed by atoms with E-state index < -0.39 is 11.8 Å². The summed E-state index contributed by atoms with van der Waals surface area (Å²) in [6.45, 7) is 0.370. The first-order valence-corrected chi connectivity index (χ1v) is 6.25. The van der Waals surface area contributed by atoms with Gasteiger partial charge in [0.2, 0.25) is 0 Å². The third-order valence-electron chi connectivity index (χ3n) is 2.30. The topological polar surface area (TPSA) is 66.4 Å². The van der Waals surface area contributed by atoms with E-state index in [9.17, 15) is 14.0 Å². The number of aliphatic carboxylic acids is 1. The maximum atomic E-state index is 13.2. The first-order valence-electron chi connectivity index (χ1n) is 5.46. The van der Waals surface area contributed by atoms with Crippen LogP contribution in [0.4, 0.5) is 4.39 Å². The lowest BCUT2D eigenvalue weighted by molar-refractivity contribution is -0.137. The molecular formula is C12H13BrFNO3. The van der Waals surface area contributed by atoms with Crippen LogP contribution >= 0.6 is 15.9 Å². The number of hydrogen-bond donors (Lipinski definition) is 2. The molecule has 0 atom stereocenters. The van der Waals surface area contributed by atoms with Gasteiger partial charge in [-0.3, -0.25) is 9.59 Å². The van der Waals surface area contributed by atoms with Crippen LogP contribution in [-0.2, 0) is 4.79 Å². The van der Waals surface area contributed by atoms with Gasteiger partial charge in [-0.2, -0.15) is 0 Å². The largest absolute Gasteiger partial charge is 0.481 e. The van der Waals surface area contributed by atoms with Gasteiger partial charge in [0, 0.05) is 13.0 Å². The Hall–Kier alpha value is -1.43. The van der Waals surface area contributed by atoms with Crippen LogP contribution < -0.4 is 5.32 Å². The quantitative estimate of drug-likeness (QED) is 0.792. The van der Waals surface area contributed by atoms with Gasteiger partial charge in [-0.1, -0.05) is 6.07 Å². The van der Waals surface area contributed by atoms with E-state index in [2.05, 4.69) is 21.2 Å². The first-order chi connectivity index (χ1) is 8.52. The number of amides is 1. The summed E-state index contributed by atoms with van der Waals surface area (Å²) in [6.07, 6.45) is 1.16. The third kappa shape index (κ3) is 4.44. The first kappa shape index (κ1) is 14.6. The average molecular weight is 318 g/mol. The molecule has 0 aliphatic heterocycles. The van der Waals surface area contributed by atoms with Crippen LogP contribution in [0.1, 0.15) is 29.6 Å². The van der Waals surface area contributed by atoms with E-state index in [0.717, 1.165) is 0 Å². The third-order valence-corrected chi connectivity index (χ3v) is 3.11. The molecule has 0 aliphatic carbocycles. The second kappa shape index (κ2) is 7.10. The highest BCUT2D eigenvalue weighted by atomic mass is 79.9. The predicted octanol–water partition coefficient (Wildman–Crippen LogP) is 2.57.